The largest absolute Gasteiger partial charge is 0.309 e. The molecule has 0 aliphatic carbocycles. The van der Waals surface area contributed by atoms with Gasteiger partial charge >= 0.3 is 0 Å². The van der Waals surface area contributed by atoms with E-state index in [2.05, 4.69) is 35.1 Å². The third-order valence-corrected chi connectivity index (χ3v) is 4.11. The van der Waals surface area contributed by atoms with Gasteiger partial charge in [-0.2, -0.15) is 11.8 Å². The molecule has 0 amide bonds. The Hall–Kier alpha value is -0.0600. The van der Waals surface area contributed by atoms with Crippen LogP contribution >= 0.6 is 27.7 Å². The summed E-state index contributed by atoms with van der Waals surface area (Å²) >= 11 is 5.29. The minimum atomic E-state index is -0.204. The minimum Gasteiger partial charge on any atom is -0.309 e. The van der Waals surface area contributed by atoms with Crippen LogP contribution < -0.4 is 5.32 Å². The van der Waals surface area contributed by atoms with Crippen molar-refractivity contribution >= 4 is 27.7 Å². The van der Waals surface area contributed by atoms with Crippen molar-refractivity contribution in [2.45, 2.75) is 26.4 Å². The van der Waals surface area contributed by atoms with Crippen LogP contribution in [0.15, 0.2) is 22.7 Å². The molecule has 1 nitrogen and oxygen atoms in total. The van der Waals surface area contributed by atoms with Crippen molar-refractivity contribution in [3.05, 3.63) is 34.1 Å². The second-order valence-electron chi connectivity index (χ2n) is 3.68. The molecule has 1 aromatic rings. The highest BCUT2D eigenvalue weighted by atomic mass is 79.9. The zero-order chi connectivity index (χ0) is 12.0. The van der Waals surface area contributed by atoms with Crippen molar-refractivity contribution in [3.63, 3.8) is 0 Å². The van der Waals surface area contributed by atoms with Gasteiger partial charge in [-0.15, -0.1) is 0 Å². The van der Waals surface area contributed by atoms with Crippen LogP contribution in [0.1, 0.15) is 19.4 Å². The summed E-state index contributed by atoms with van der Waals surface area (Å²) in [5, 5.41) is 3.42. The van der Waals surface area contributed by atoms with Gasteiger partial charge in [0.25, 0.3) is 0 Å². The van der Waals surface area contributed by atoms with E-state index in [0.717, 1.165) is 28.1 Å². The van der Waals surface area contributed by atoms with Crippen LogP contribution in [-0.2, 0) is 6.54 Å². The van der Waals surface area contributed by atoms with E-state index in [-0.39, 0.29) is 5.82 Å². The van der Waals surface area contributed by atoms with E-state index >= 15 is 0 Å². The monoisotopic (exact) mass is 305 g/mol. The maximum absolute atomic E-state index is 12.9. The molecular formula is C12H17BrFNS. The van der Waals surface area contributed by atoms with Gasteiger partial charge in [-0.3, -0.25) is 0 Å². The smallest absolute Gasteiger partial charge is 0.124 e. The van der Waals surface area contributed by atoms with Crippen LogP contribution in [0.4, 0.5) is 4.39 Å². The van der Waals surface area contributed by atoms with Crippen molar-refractivity contribution in [3.8, 4) is 0 Å². The summed E-state index contributed by atoms with van der Waals surface area (Å²) in [5.41, 5.74) is 1.09. The van der Waals surface area contributed by atoms with E-state index in [9.17, 15) is 4.39 Å². The van der Waals surface area contributed by atoms with Gasteiger partial charge in [0, 0.05) is 22.8 Å². The fourth-order valence-corrected chi connectivity index (χ4v) is 2.50. The molecule has 0 fully saturated rings. The Morgan fingerprint density at radius 3 is 2.88 bits per heavy atom. The van der Waals surface area contributed by atoms with Crippen molar-refractivity contribution in [1.29, 1.82) is 0 Å². The molecule has 1 aromatic carbocycles. The summed E-state index contributed by atoms with van der Waals surface area (Å²) in [6.45, 7) is 5.10. The second-order valence-corrected chi connectivity index (χ2v) is 5.85. The number of rotatable bonds is 6. The Morgan fingerprint density at radius 2 is 2.25 bits per heavy atom. The summed E-state index contributed by atoms with van der Waals surface area (Å²) < 4.78 is 13.7. The first-order valence-electron chi connectivity index (χ1n) is 5.38. The zero-order valence-electron chi connectivity index (χ0n) is 9.59. The number of nitrogens with one attached hydrogen (secondary N) is 1. The topological polar surface area (TPSA) is 12.0 Å². The molecule has 1 atom stereocenters. The molecule has 4 heteroatoms. The Balaban J connectivity index is 2.42. The van der Waals surface area contributed by atoms with Crippen LogP contribution in [0.3, 0.4) is 0 Å². The first-order valence-corrected chi connectivity index (χ1v) is 7.33. The lowest BCUT2D eigenvalue weighted by molar-refractivity contribution is 0.591. The maximum atomic E-state index is 12.9. The molecule has 90 valence electrons. The molecule has 0 radical (unpaired) electrons. The lowest BCUT2D eigenvalue weighted by Crippen LogP contribution is -2.27. The van der Waals surface area contributed by atoms with Crippen molar-refractivity contribution in [1.82, 2.24) is 5.32 Å². The van der Waals surface area contributed by atoms with Crippen LogP contribution in [0.2, 0.25) is 0 Å². The molecule has 1 N–H and O–H groups in total. The van der Waals surface area contributed by atoms with E-state index in [1.807, 2.05) is 17.8 Å². The molecule has 1 rings (SSSR count). The molecule has 0 heterocycles. The van der Waals surface area contributed by atoms with E-state index in [1.165, 1.54) is 12.1 Å². The highest BCUT2D eigenvalue weighted by Crippen LogP contribution is 2.18. The van der Waals surface area contributed by atoms with Gasteiger partial charge in [-0.25, -0.2) is 4.39 Å². The maximum Gasteiger partial charge on any atom is 0.124 e. The molecule has 0 saturated heterocycles. The molecule has 0 spiro atoms. The van der Waals surface area contributed by atoms with Gasteiger partial charge in [-0.1, -0.05) is 28.9 Å². The molecule has 0 aromatic heterocycles. The van der Waals surface area contributed by atoms with Crippen molar-refractivity contribution in [2.75, 3.05) is 11.5 Å². The Kier molecular flexibility index (Phi) is 6.39. The Labute approximate surface area is 109 Å². The summed E-state index contributed by atoms with van der Waals surface area (Å²) in [5.74, 6) is 2.05. The van der Waals surface area contributed by atoms with Crippen molar-refractivity contribution in [2.24, 2.45) is 0 Å². The molecular weight excluding hydrogens is 289 g/mol. The summed E-state index contributed by atoms with van der Waals surface area (Å²) in [6, 6.07) is 5.28. The molecule has 0 bridgehead atoms. The zero-order valence-corrected chi connectivity index (χ0v) is 12.0. The molecule has 16 heavy (non-hydrogen) atoms. The highest BCUT2D eigenvalue weighted by molar-refractivity contribution is 9.10. The molecule has 0 saturated carbocycles. The van der Waals surface area contributed by atoms with Gasteiger partial charge < -0.3 is 5.32 Å². The first kappa shape index (κ1) is 14.0. The normalized spacial score (nSPS) is 12.8. The number of hydrogen-bond acceptors (Lipinski definition) is 2. The van der Waals surface area contributed by atoms with Crippen LogP contribution in [-0.4, -0.2) is 17.5 Å². The fourth-order valence-electron chi connectivity index (χ4n) is 1.30. The summed E-state index contributed by atoms with van der Waals surface area (Å²) in [4.78, 5) is 0. The minimum absolute atomic E-state index is 0.204. The second kappa shape index (κ2) is 7.30. The average molecular weight is 306 g/mol. The van der Waals surface area contributed by atoms with E-state index in [0.29, 0.717) is 6.04 Å². The summed E-state index contributed by atoms with van der Waals surface area (Å²) in [7, 11) is 0. The molecule has 0 aliphatic rings. The molecule has 1 unspecified atom stereocenters. The third-order valence-electron chi connectivity index (χ3n) is 2.23. The number of halogens is 2. The SMILES string of the molecule is CCSCC(C)NCc1ccc(F)cc1Br. The van der Waals surface area contributed by atoms with Crippen LogP contribution in [0.5, 0.6) is 0 Å². The van der Waals surface area contributed by atoms with E-state index in [4.69, 9.17) is 0 Å². The van der Waals surface area contributed by atoms with Gasteiger partial charge in [0.2, 0.25) is 0 Å². The fraction of sp³-hybridized carbons (Fsp3) is 0.500. The average Bonchev–Trinajstić information content (AvgIpc) is 2.25. The van der Waals surface area contributed by atoms with Gasteiger partial charge in [0.1, 0.15) is 5.82 Å². The third kappa shape index (κ3) is 4.85. The lowest BCUT2D eigenvalue weighted by Gasteiger charge is -2.13. The summed E-state index contributed by atoms with van der Waals surface area (Å²) in [6.07, 6.45) is 0. The van der Waals surface area contributed by atoms with Crippen molar-refractivity contribution < 1.29 is 4.39 Å². The number of benzene rings is 1. The predicted octanol–water partition coefficient (Wildman–Crippen LogP) is 3.82. The lowest BCUT2D eigenvalue weighted by atomic mass is 10.2. The van der Waals surface area contributed by atoms with E-state index < -0.39 is 0 Å². The van der Waals surface area contributed by atoms with Crippen LogP contribution in [0, 0.1) is 5.82 Å². The first-order chi connectivity index (χ1) is 7.63. The predicted molar refractivity (Wildman–Crippen MR) is 73.4 cm³/mol. The molecule has 0 aliphatic heterocycles. The standard InChI is InChI=1S/C12H17BrFNS/c1-3-16-8-9(2)15-7-10-4-5-11(14)6-12(10)13/h4-6,9,15H,3,7-8H2,1-2H3. The van der Waals surface area contributed by atoms with Gasteiger partial charge in [0.05, 0.1) is 0 Å². The van der Waals surface area contributed by atoms with Gasteiger partial charge in [-0.05, 0) is 30.4 Å². The number of thioether (sulfide) groups is 1. The van der Waals surface area contributed by atoms with Gasteiger partial charge in [0.15, 0.2) is 0 Å². The highest BCUT2D eigenvalue weighted by Gasteiger charge is 2.04. The number of hydrogen-bond donors (Lipinski definition) is 1. The van der Waals surface area contributed by atoms with E-state index in [1.54, 1.807) is 0 Å². The quantitative estimate of drug-likeness (QED) is 0.857. The Morgan fingerprint density at radius 1 is 1.50 bits per heavy atom. The Bertz CT molecular complexity index is 333. The van der Waals surface area contributed by atoms with Crippen LogP contribution in [0.25, 0.3) is 0 Å².